The molecule has 6 heteroatoms. The first-order valence-electron chi connectivity index (χ1n) is 7.48. The van der Waals surface area contributed by atoms with Gasteiger partial charge in [-0.3, -0.25) is 9.59 Å². The molecular weight excluding hydrogens is 326 g/mol. The van der Waals surface area contributed by atoms with E-state index in [4.69, 9.17) is 0 Å². The predicted molar refractivity (Wildman–Crippen MR) is 89.8 cm³/mol. The van der Waals surface area contributed by atoms with Gasteiger partial charge < -0.3 is 0 Å². The average Bonchev–Trinajstić information content (AvgIpc) is 2.56. The molecule has 124 valence electrons. The van der Waals surface area contributed by atoms with Crippen molar-refractivity contribution < 1.29 is 18.0 Å². The van der Waals surface area contributed by atoms with Crippen molar-refractivity contribution in [3.8, 4) is 0 Å². The maximum atomic E-state index is 12.9. The molecule has 1 aliphatic rings. The van der Waals surface area contributed by atoms with Gasteiger partial charge in [0.05, 0.1) is 4.90 Å². The minimum absolute atomic E-state index is 0.0540. The summed E-state index contributed by atoms with van der Waals surface area (Å²) in [5.74, 6) is -1.00. The van der Waals surface area contributed by atoms with Crippen LogP contribution in [0.5, 0.6) is 0 Å². The first-order chi connectivity index (χ1) is 11.2. The smallest absolute Gasteiger partial charge is 0.244 e. The van der Waals surface area contributed by atoms with E-state index in [2.05, 4.69) is 0 Å². The molecule has 1 unspecified atom stereocenters. The fourth-order valence-electron chi connectivity index (χ4n) is 2.84. The molecule has 2 aromatic rings. The molecule has 0 N–H and O–H groups in total. The van der Waals surface area contributed by atoms with Crippen LogP contribution in [0.4, 0.5) is 0 Å². The monoisotopic (exact) mass is 343 g/mol. The normalized spacial score (nSPS) is 19.8. The number of hydrogen-bond acceptors (Lipinski definition) is 4. The minimum Gasteiger partial charge on any atom is -0.292 e. The van der Waals surface area contributed by atoms with Crippen LogP contribution in [0.2, 0.25) is 0 Å². The fraction of sp³-hybridized carbons (Fsp3) is 0.222. The Morgan fingerprint density at radius 2 is 1.71 bits per heavy atom. The quantitative estimate of drug-likeness (QED) is 0.620. The molecule has 3 rings (SSSR count). The molecule has 0 bridgehead atoms. The SMILES string of the molecule is Cc1ccc(C(=O)C2C(=O)c3ccccc3S(=O)(=O)N2C)cc1C. The molecule has 0 radical (unpaired) electrons. The van der Waals surface area contributed by atoms with Crippen LogP contribution < -0.4 is 0 Å². The van der Waals surface area contributed by atoms with E-state index in [-0.39, 0.29) is 10.5 Å². The third-order valence-electron chi connectivity index (χ3n) is 4.46. The molecule has 0 saturated carbocycles. The van der Waals surface area contributed by atoms with Crippen molar-refractivity contribution in [2.75, 3.05) is 7.05 Å². The topological polar surface area (TPSA) is 71.5 Å². The van der Waals surface area contributed by atoms with Gasteiger partial charge in [-0.15, -0.1) is 0 Å². The summed E-state index contributed by atoms with van der Waals surface area (Å²) in [4.78, 5) is 25.6. The summed E-state index contributed by atoms with van der Waals surface area (Å²) in [6.45, 7) is 3.78. The highest BCUT2D eigenvalue weighted by Gasteiger charge is 2.45. The molecule has 24 heavy (non-hydrogen) atoms. The second-order valence-corrected chi connectivity index (χ2v) is 7.91. The number of nitrogens with zero attached hydrogens (tertiary/aromatic N) is 1. The summed E-state index contributed by atoms with van der Waals surface area (Å²) in [7, 11) is -2.61. The molecule has 0 amide bonds. The Morgan fingerprint density at radius 1 is 1.04 bits per heavy atom. The van der Waals surface area contributed by atoms with Crippen molar-refractivity contribution in [3.63, 3.8) is 0 Å². The van der Waals surface area contributed by atoms with Crippen molar-refractivity contribution >= 4 is 21.6 Å². The second kappa shape index (κ2) is 5.65. The maximum Gasteiger partial charge on any atom is 0.244 e. The molecule has 1 aliphatic heterocycles. The van der Waals surface area contributed by atoms with E-state index in [1.54, 1.807) is 30.3 Å². The standard InChI is InChI=1S/C18H17NO4S/c1-11-8-9-13(10-12(11)2)17(20)16-18(21)14-6-4-5-7-15(14)24(22,23)19(16)3/h4-10,16H,1-3H3. The van der Waals surface area contributed by atoms with Crippen molar-refractivity contribution in [3.05, 3.63) is 64.7 Å². The first-order valence-corrected chi connectivity index (χ1v) is 8.92. The van der Waals surface area contributed by atoms with Gasteiger partial charge >= 0.3 is 0 Å². The lowest BCUT2D eigenvalue weighted by Crippen LogP contribution is -2.51. The number of likely N-dealkylation sites (N-methyl/N-ethyl adjacent to an activating group) is 1. The van der Waals surface area contributed by atoms with E-state index in [0.717, 1.165) is 15.4 Å². The predicted octanol–water partition coefficient (Wildman–Crippen LogP) is 2.37. The fourth-order valence-corrected chi connectivity index (χ4v) is 4.31. The molecule has 0 saturated heterocycles. The Bertz CT molecular complexity index is 963. The van der Waals surface area contributed by atoms with Gasteiger partial charge in [-0.2, -0.15) is 4.31 Å². The van der Waals surface area contributed by atoms with E-state index >= 15 is 0 Å². The Hall–Kier alpha value is -2.31. The number of ketones is 2. The molecule has 5 nitrogen and oxygen atoms in total. The number of hydrogen-bond donors (Lipinski definition) is 0. The van der Waals surface area contributed by atoms with Gasteiger partial charge in [0.2, 0.25) is 10.0 Å². The van der Waals surface area contributed by atoms with Crippen LogP contribution >= 0.6 is 0 Å². The summed E-state index contributed by atoms with van der Waals surface area (Å²) >= 11 is 0. The molecule has 1 atom stereocenters. The highest BCUT2D eigenvalue weighted by molar-refractivity contribution is 7.89. The lowest BCUT2D eigenvalue weighted by Gasteiger charge is -2.31. The van der Waals surface area contributed by atoms with Crippen LogP contribution in [-0.4, -0.2) is 37.4 Å². The van der Waals surface area contributed by atoms with Crippen LogP contribution in [0, 0.1) is 13.8 Å². The number of aryl methyl sites for hydroxylation is 2. The van der Waals surface area contributed by atoms with E-state index < -0.39 is 27.6 Å². The minimum atomic E-state index is -3.88. The summed E-state index contributed by atoms with van der Waals surface area (Å²) in [5.41, 5.74) is 2.33. The zero-order valence-corrected chi connectivity index (χ0v) is 14.4. The van der Waals surface area contributed by atoms with Gasteiger partial charge in [0.1, 0.15) is 0 Å². The average molecular weight is 343 g/mol. The number of carbonyl (C=O) groups excluding carboxylic acids is 2. The van der Waals surface area contributed by atoms with Crippen molar-refractivity contribution in [1.29, 1.82) is 0 Å². The number of rotatable bonds is 2. The van der Waals surface area contributed by atoms with Crippen LogP contribution in [0.25, 0.3) is 0 Å². The summed E-state index contributed by atoms with van der Waals surface area (Å²) in [6, 6.07) is 9.71. The largest absolute Gasteiger partial charge is 0.292 e. The Balaban J connectivity index is 2.13. The van der Waals surface area contributed by atoms with Crippen LogP contribution in [0.15, 0.2) is 47.4 Å². The number of fused-ring (bicyclic) bond motifs is 1. The molecule has 1 heterocycles. The maximum absolute atomic E-state index is 12.9. The number of sulfonamides is 1. The highest BCUT2D eigenvalue weighted by atomic mass is 32.2. The third-order valence-corrected chi connectivity index (χ3v) is 6.34. The van der Waals surface area contributed by atoms with Gasteiger partial charge in [0.25, 0.3) is 0 Å². The highest BCUT2D eigenvalue weighted by Crippen LogP contribution is 2.30. The Morgan fingerprint density at radius 3 is 2.38 bits per heavy atom. The Kier molecular flexibility index (Phi) is 3.89. The van der Waals surface area contributed by atoms with Crippen molar-refractivity contribution in [2.24, 2.45) is 0 Å². The summed E-state index contributed by atoms with van der Waals surface area (Å²) in [5, 5.41) is 0. The molecule has 0 aromatic heterocycles. The molecule has 0 fully saturated rings. The van der Waals surface area contributed by atoms with E-state index in [9.17, 15) is 18.0 Å². The zero-order chi connectivity index (χ0) is 17.6. The van der Waals surface area contributed by atoms with E-state index in [1.807, 2.05) is 13.8 Å². The van der Waals surface area contributed by atoms with Gasteiger partial charge in [0.15, 0.2) is 17.6 Å². The van der Waals surface area contributed by atoms with Gasteiger partial charge in [0, 0.05) is 18.2 Å². The Labute approximate surface area is 141 Å². The number of Topliss-reactive ketones (excluding diaryl/α,β-unsaturated/α-hetero) is 2. The van der Waals surface area contributed by atoms with Crippen LogP contribution in [0.1, 0.15) is 31.8 Å². The molecular formula is C18H17NO4S. The number of benzene rings is 2. The third kappa shape index (κ3) is 2.39. The van der Waals surface area contributed by atoms with Crippen LogP contribution in [-0.2, 0) is 10.0 Å². The lowest BCUT2D eigenvalue weighted by molar-refractivity contribution is 0.0784. The van der Waals surface area contributed by atoms with Crippen LogP contribution in [0.3, 0.4) is 0 Å². The molecule has 2 aromatic carbocycles. The second-order valence-electron chi connectivity index (χ2n) is 5.95. The van der Waals surface area contributed by atoms with E-state index in [1.165, 1.54) is 19.2 Å². The molecule has 0 aliphatic carbocycles. The zero-order valence-electron chi connectivity index (χ0n) is 13.6. The van der Waals surface area contributed by atoms with Gasteiger partial charge in [-0.25, -0.2) is 8.42 Å². The van der Waals surface area contributed by atoms with Gasteiger partial charge in [-0.1, -0.05) is 24.3 Å². The summed E-state index contributed by atoms with van der Waals surface area (Å²) < 4.78 is 26.1. The lowest BCUT2D eigenvalue weighted by atomic mass is 9.94. The van der Waals surface area contributed by atoms with Gasteiger partial charge in [-0.05, 0) is 43.2 Å². The number of carbonyl (C=O) groups is 2. The van der Waals surface area contributed by atoms with E-state index in [0.29, 0.717) is 5.56 Å². The molecule has 0 spiro atoms. The van der Waals surface area contributed by atoms with Crippen molar-refractivity contribution in [1.82, 2.24) is 4.31 Å². The summed E-state index contributed by atoms with van der Waals surface area (Å²) in [6.07, 6.45) is 0. The van der Waals surface area contributed by atoms with Crippen molar-refractivity contribution in [2.45, 2.75) is 24.8 Å². The first kappa shape index (κ1) is 16.5.